The van der Waals surface area contributed by atoms with Crippen molar-refractivity contribution in [2.45, 2.75) is 18.4 Å². The fourth-order valence-electron chi connectivity index (χ4n) is 4.00. The van der Waals surface area contributed by atoms with Gasteiger partial charge in [0, 0.05) is 13.1 Å². The van der Waals surface area contributed by atoms with E-state index in [0.29, 0.717) is 44.9 Å². The van der Waals surface area contributed by atoms with Crippen LogP contribution in [0.1, 0.15) is 24.0 Å². The van der Waals surface area contributed by atoms with Gasteiger partial charge < -0.3 is 24.6 Å². The molecule has 0 unspecified atom stereocenters. The van der Waals surface area contributed by atoms with Crippen LogP contribution in [0.15, 0.2) is 54.6 Å². The topological polar surface area (TPSA) is 79.2 Å². The summed E-state index contributed by atoms with van der Waals surface area (Å²) in [6.07, 6.45) is 0.220. The Morgan fingerprint density at radius 3 is 2.23 bits per heavy atom. The lowest BCUT2D eigenvalue weighted by Crippen LogP contribution is -2.45. The highest BCUT2D eigenvalue weighted by Gasteiger charge is 2.42. The van der Waals surface area contributed by atoms with Gasteiger partial charge in [0.1, 0.15) is 24.6 Å². The Bertz CT molecular complexity index is 793. The molecule has 2 N–H and O–H groups in total. The molecule has 2 aromatic rings. The van der Waals surface area contributed by atoms with E-state index in [1.807, 2.05) is 42.5 Å². The lowest BCUT2D eigenvalue weighted by atomic mass is 9.72. The van der Waals surface area contributed by atoms with Gasteiger partial charge in [-0.2, -0.15) is 0 Å². The third kappa shape index (κ3) is 5.09. The number of aliphatic hydroxyl groups is 1. The quantitative estimate of drug-likeness (QED) is 0.609. The predicted octanol–water partition coefficient (Wildman–Crippen LogP) is 3.68. The summed E-state index contributed by atoms with van der Waals surface area (Å²) in [6, 6.07) is 16.8. The van der Waals surface area contributed by atoms with Crippen LogP contribution in [-0.4, -0.2) is 60.8 Å². The monoisotopic (exact) mass is 417 g/mol. The fourth-order valence-corrected chi connectivity index (χ4v) is 4.00. The molecule has 2 aromatic carbocycles. The van der Waals surface area contributed by atoms with Gasteiger partial charge in [-0.25, -0.2) is 9.18 Å². The summed E-state index contributed by atoms with van der Waals surface area (Å²) >= 11 is 0. The molecule has 6 nitrogen and oxygen atoms in total. The Hall–Kier alpha value is -2.64. The van der Waals surface area contributed by atoms with Crippen molar-refractivity contribution < 1.29 is 28.9 Å². The van der Waals surface area contributed by atoms with Gasteiger partial charge in [0.25, 0.3) is 0 Å². The van der Waals surface area contributed by atoms with Crippen molar-refractivity contribution in [3.63, 3.8) is 0 Å². The van der Waals surface area contributed by atoms with Gasteiger partial charge in [-0.3, -0.25) is 0 Å². The number of rotatable bonds is 9. The third-order valence-electron chi connectivity index (χ3n) is 5.58. The molecule has 0 saturated carbocycles. The molecule has 1 saturated heterocycles. The molecule has 1 fully saturated rings. The second-order valence-corrected chi connectivity index (χ2v) is 7.35. The number of benzene rings is 2. The first-order chi connectivity index (χ1) is 14.6. The molecule has 3 rings (SSSR count). The number of piperidine rings is 1. The van der Waals surface area contributed by atoms with E-state index in [4.69, 9.17) is 9.47 Å². The molecule has 0 aliphatic carbocycles. The zero-order valence-electron chi connectivity index (χ0n) is 16.9. The highest BCUT2D eigenvalue weighted by molar-refractivity contribution is 5.65. The molecule has 1 heterocycles. The van der Waals surface area contributed by atoms with E-state index in [-0.39, 0.29) is 12.5 Å². The zero-order chi connectivity index (χ0) is 21.4. The van der Waals surface area contributed by atoms with Crippen molar-refractivity contribution in [1.82, 2.24) is 4.90 Å². The van der Waals surface area contributed by atoms with Gasteiger partial charge in [-0.15, -0.1) is 0 Å². The first-order valence-corrected chi connectivity index (χ1v) is 10.2. The number of nitrogens with zero attached hydrogens (tertiary/aromatic N) is 1. The maximum Gasteiger partial charge on any atom is 0.407 e. The Morgan fingerprint density at radius 2 is 1.63 bits per heavy atom. The third-order valence-corrected chi connectivity index (χ3v) is 5.58. The van der Waals surface area contributed by atoms with Gasteiger partial charge in [0.2, 0.25) is 0 Å². The van der Waals surface area contributed by atoms with E-state index >= 15 is 0 Å². The predicted molar refractivity (Wildman–Crippen MR) is 110 cm³/mol. The largest absolute Gasteiger partial charge is 0.491 e. The fraction of sp³-hybridized carbons (Fsp3) is 0.435. The molecule has 162 valence electrons. The number of alkyl halides is 1. The maximum absolute atomic E-state index is 12.0. The minimum absolute atomic E-state index is 0.0626. The summed E-state index contributed by atoms with van der Waals surface area (Å²) in [5.41, 5.74) is 0.296. The van der Waals surface area contributed by atoms with Crippen molar-refractivity contribution in [2.75, 3.05) is 39.6 Å². The highest BCUT2D eigenvalue weighted by Crippen LogP contribution is 2.42. The zero-order valence-corrected chi connectivity index (χ0v) is 16.9. The van der Waals surface area contributed by atoms with Crippen molar-refractivity contribution in [2.24, 2.45) is 5.92 Å². The van der Waals surface area contributed by atoms with Crippen molar-refractivity contribution >= 4 is 6.09 Å². The second-order valence-electron chi connectivity index (χ2n) is 7.35. The molecule has 1 amide bonds. The van der Waals surface area contributed by atoms with Crippen LogP contribution in [0.3, 0.4) is 0 Å². The number of halogens is 1. The molecule has 0 bridgehead atoms. The van der Waals surface area contributed by atoms with Gasteiger partial charge >= 0.3 is 6.09 Å². The van der Waals surface area contributed by atoms with Crippen LogP contribution in [0.4, 0.5) is 9.18 Å². The van der Waals surface area contributed by atoms with E-state index in [1.54, 1.807) is 12.1 Å². The standard InChI is InChI=1S/C23H28FNO5/c24-12-15-29-16-17-30-21-8-6-19(7-9-21)23(28,18-4-2-1-3-5-18)20-10-13-25(14-11-20)22(26)27/h1-9,20,28H,10-17H2,(H,26,27)/t23-/m0/s1. The minimum atomic E-state index is -1.23. The number of carbonyl (C=O) groups is 1. The van der Waals surface area contributed by atoms with Gasteiger partial charge in [-0.05, 0) is 42.0 Å². The van der Waals surface area contributed by atoms with E-state index in [2.05, 4.69) is 0 Å². The summed E-state index contributed by atoms with van der Waals surface area (Å²) < 4.78 is 22.7. The lowest BCUT2D eigenvalue weighted by molar-refractivity contribution is -0.0121. The van der Waals surface area contributed by atoms with Crippen LogP contribution in [-0.2, 0) is 10.3 Å². The first kappa shape index (κ1) is 22.1. The molecular formula is C23H28FNO5. The summed E-state index contributed by atoms with van der Waals surface area (Å²) in [4.78, 5) is 12.6. The summed E-state index contributed by atoms with van der Waals surface area (Å²) in [5.74, 6) is 0.523. The second kappa shape index (κ2) is 10.4. The number of amides is 1. The van der Waals surface area contributed by atoms with Crippen LogP contribution in [0.5, 0.6) is 5.75 Å². The van der Waals surface area contributed by atoms with Crippen molar-refractivity contribution in [3.05, 3.63) is 65.7 Å². The van der Waals surface area contributed by atoms with Crippen molar-refractivity contribution in [1.29, 1.82) is 0 Å². The number of ether oxygens (including phenoxy) is 2. The summed E-state index contributed by atoms with van der Waals surface area (Å²) in [7, 11) is 0. The Labute approximate surface area is 175 Å². The molecule has 1 atom stereocenters. The highest BCUT2D eigenvalue weighted by atomic mass is 19.1. The SMILES string of the molecule is O=C(O)N1CCC([C@](O)(c2ccccc2)c2ccc(OCCOCCF)cc2)CC1. The minimum Gasteiger partial charge on any atom is -0.491 e. The molecule has 0 spiro atoms. The summed E-state index contributed by atoms with van der Waals surface area (Å²) in [5, 5.41) is 21.1. The molecule has 1 aliphatic heterocycles. The normalized spacial score (nSPS) is 16.8. The first-order valence-electron chi connectivity index (χ1n) is 10.2. The smallest absolute Gasteiger partial charge is 0.407 e. The number of hydrogen-bond donors (Lipinski definition) is 2. The molecule has 7 heteroatoms. The van der Waals surface area contributed by atoms with Gasteiger partial charge in [-0.1, -0.05) is 42.5 Å². The van der Waals surface area contributed by atoms with Gasteiger partial charge in [0.05, 0.1) is 13.2 Å². The average molecular weight is 417 g/mol. The molecular weight excluding hydrogens is 389 g/mol. The number of hydrogen-bond acceptors (Lipinski definition) is 4. The Morgan fingerprint density at radius 1 is 1.00 bits per heavy atom. The van der Waals surface area contributed by atoms with Crippen LogP contribution in [0, 0.1) is 5.92 Å². The number of likely N-dealkylation sites (tertiary alicyclic amines) is 1. The van der Waals surface area contributed by atoms with Crippen LogP contribution in [0.25, 0.3) is 0 Å². The Balaban J connectivity index is 1.77. The maximum atomic E-state index is 12.0. The molecule has 30 heavy (non-hydrogen) atoms. The van der Waals surface area contributed by atoms with E-state index in [0.717, 1.165) is 11.1 Å². The number of carboxylic acid groups (broad SMARTS) is 1. The molecule has 1 aliphatic rings. The van der Waals surface area contributed by atoms with E-state index < -0.39 is 18.4 Å². The van der Waals surface area contributed by atoms with Crippen LogP contribution >= 0.6 is 0 Å². The van der Waals surface area contributed by atoms with E-state index in [1.165, 1.54) is 4.90 Å². The molecule has 0 aromatic heterocycles. The average Bonchev–Trinajstić information content (AvgIpc) is 2.79. The van der Waals surface area contributed by atoms with Crippen LogP contribution in [0.2, 0.25) is 0 Å². The van der Waals surface area contributed by atoms with Crippen molar-refractivity contribution in [3.8, 4) is 5.75 Å². The van der Waals surface area contributed by atoms with Gasteiger partial charge in [0.15, 0.2) is 0 Å². The Kier molecular flexibility index (Phi) is 7.65. The lowest BCUT2D eigenvalue weighted by Gasteiger charge is -2.41. The molecule has 0 radical (unpaired) electrons. The van der Waals surface area contributed by atoms with E-state index in [9.17, 15) is 19.4 Å². The van der Waals surface area contributed by atoms with Crippen LogP contribution < -0.4 is 4.74 Å². The summed E-state index contributed by atoms with van der Waals surface area (Å²) in [6.45, 7) is 0.966.